The maximum absolute atomic E-state index is 12.9. The summed E-state index contributed by atoms with van der Waals surface area (Å²) in [4.78, 5) is 37.8. The van der Waals surface area contributed by atoms with Crippen LogP contribution in [0, 0.1) is 0 Å². The topological polar surface area (TPSA) is 84.5 Å². The number of esters is 1. The lowest BCUT2D eigenvalue weighted by Crippen LogP contribution is -2.49. The zero-order valence-corrected chi connectivity index (χ0v) is 21.4. The van der Waals surface area contributed by atoms with Gasteiger partial charge in [0.2, 0.25) is 0 Å². The Bertz CT molecular complexity index is 1470. The summed E-state index contributed by atoms with van der Waals surface area (Å²) >= 11 is 0. The van der Waals surface area contributed by atoms with Gasteiger partial charge in [0.25, 0.3) is 11.8 Å². The van der Waals surface area contributed by atoms with Crippen LogP contribution in [0.15, 0.2) is 103 Å². The molecule has 0 saturated heterocycles. The number of carbonyl (C=O) groups excluding carboxylic acids is 3. The zero-order chi connectivity index (χ0) is 28.7. The van der Waals surface area contributed by atoms with Gasteiger partial charge >= 0.3 is 12.1 Å². The molecule has 1 atom stereocenters. The van der Waals surface area contributed by atoms with Crippen LogP contribution in [-0.2, 0) is 15.7 Å². The molecule has 2 N–H and O–H groups in total. The fraction of sp³-hybridized carbons (Fsp3) is 0.129. The Morgan fingerprint density at radius 1 is 0.650 bits per heavy atom. The molecule has 0 spiro atoms. The molecule has 0 aliphatic carbocycles. The molecule has 0 fully saturated rings. The van der Waals surface area contributed by atoms with Gasteiger partial charge in [0.1, 0.15) is 6.17 Å². The summed E-state index contributed by atoms with van der Waals surface area (Å²) in [5.74, 6) is -1.69. The van der Waals surface area contributed by atoms with Gasteiger partial charge in [-0.25, -0.2) is 0 Å². The standard InChI is InChI=1S/C31H25F3N2O4/c1-40-28(37)19-27(35-29(38)24-11-7-21(8-12-24)20-5-3-2-4-6-20)36-30(39)25-13-9-22(10-14-25)23-15-17-26(18-16-23)31(32,33)34/h2-18,27H,19H2,1H3,(H,35,38)(H,36,39). The summed E-state index contributed by atoms with van der Waals surface area (Å²) in [6.45, 7) is 0. The first kappa shape index (κ1) is 28.1. The second-order valence-corrected chi connectivity index (χ2v) is 8.88. The van der Waals surface area contributed by atoms with Crippen LogP contribution in [0.4, 0.5) is 13.2 Å². The molecule has 0 bridgehead atoms. The van der Waals surface area contributed by atoms with Crippen LogP contribution in [0.5, 0.6) is 0 Å². The van der Waals surface area contributed by atoms with Crippen molar-refractivity contribution >= 4 is 17.8 Å². The minimum absolute atomic E-state index is 0.229. The van der Waals surface area contributed by atoms with Gasteiger partial charge in [0.15, 0.2) is 0 Å². The van der Waals surface area contributed by atoms with Crippen molar-refractivity contribution in [3.63, 3.8) is 0 Å². The summed E-state index contributed by atoms with van der Waals surface area (Å²) < 4.78 is 43.2. The monoisotopic (exact) mass is 546 g/mol. The zero-order valence-electron chi connectivity index (χ0n) is 21.4. The lowest BCUT2D eigenvalue weighted by Gasteiger charge is -2.19. The van der Waals surface area contributed by atoms with Gasteiger partial charge in [-0.3, -0.25) is 14.4 Å². The first-order valence-corrected chi connectivity index (χ1v) is 12.3. The lowest BCUT2D eigenvalue weighted by atomic mass is 10.0. The highest BCUT2D eigenvalue weighted by atomic mass is 19.4. The molecule has 0 aliphatic rings. The van der Waals surface area contributed by atoms with E-state index in [1.54, 1.807) is 36.4 Å². The average molecular weight is 547 g/mol. The fourth-order valence-electron chi connectivity index (χ4n) is 3.98. The SMILES string of the molecule is COC(=O)CC(NC(=O)c1ccc(-c2ccccc2)cc1)NC(=O)c1ccc(-c2ccc(C(F)(F)F)cc2)cc1. The molecule has 2 amide bonds. The molecule has 1 unspecified atom stereocenters. The Balaban J connectivity index is 1.43. The largest absolute Gasteiger partial charge is 0.469 e. The van der Waals surface area contributed by atoms with E-state index < -0.39 is 35.7 Å². The maximum Gasteiger partial charge on any atom is 0.416 e. The number of amides is 2. The fourth-order valence-corrected chi connectivity index (χ4v) is 3.98. The van der Waals surface area contributed by atoms with Crippen molar-refractivity contribution < 1.29 is 32.3 Å². The van der Waals surface area contributed by atoms with Crippen molar-refractivity contribution in [3.05, 3.63) is 120 Å². The first-order chi connectivity index (χ1) is 19.1. The number of halogens is 3. The molecule has 0 radical (unpaired) electrons. The Morgan fingerprint density at radius 2 is 1.05 bits per heavy atom. The van der Waals surface area contributed by atoms with Crippen LogP contribution in [0.25, 0.3) is 22.3 Å². The Kier molecular flexibility index (Phi) is 8.63. The number of benzene rings is 4. The predicted molar refractivity (Wildman–Crippen MR) is 144 cm³/mol. The van der Waals surface area contributed by atoms with E-state index in [1.165, 1.54) is 31.4 Å². The molecule has 6 nitrogen and oxygen atoms in total. The van der Waals surface area contributed by atoms with Crippen LogP contribution in [0.2, 0.25) is 0 Å². The Hall–Kier alpha value is -4.92. The third kappa shape index (κ3) is 7.13. The highest BCUT2D eigenvalue weighted by molar-refractivity contribution is 5.97. The van der Waals surface area contributed by atoms with E-state index in [4.69, 9.17) is 4.74 Å². The van der Waals surface area contributed by atoms with E-state index in [-0.39, 0.29) is 12.0 Å². The van der Waals surface area contributed by atoms with Crippen molar-refractivity contribution in [1.29, 1.82) is 0 Å². The molecule has 40 heavy (non-hydrogen) atoms. The number of rotatable bonds is 8. The summed E-state index contributed by atoms with van der Waals surface area (Å²) in [5.41, 5.74) is 2.90. The van der Waals surface area contributed by atoms with Crippen molar-refractivity contribution in [2.75, 3.05) is 7.11 Å². The third-order valence-electron chi connectivity index (χ3n) is 6.16. The van der Waals surface area contributed by atoms with E-state index >= 15 is 0 Å². The highest BCUT2D eigenvalue weighted by Crippen LogP contribution is 2.31. The molecule has 0 heterocycles. The minimum Gasteiger partial charge on any atom is -0.469 e. The number of hydrogen-bond donors (Lipinski definition) is 2. The van der Waals surface area contributed by atoms with Crippen molar-refractivity contribution in [2.45, 2.75) is 18.8 Å². The molecular formula is C31H25F3N2O4. The van der Waals surface area contributed by atoms with Gasteiger partial charge in [-0.15, -0.1) is 0 Å². The van der Waals surface area contributed by atoms with E-state index in [0.29, 0.717) is 16.7 Å². The number of carbonyl (C=O) groups is 3. The van der Waals surface area contributed by atoms with Crippen molar-refractivity contribution in [3.8, 4) is 22.3 Å². The smallest absolute Gasteiger partial charge is 0.416 e. The van der Waals surface area contributed by atoms with Crippen LogP contribution in [0.3, 0.4) is 0 Å². The highest BCUT2D eigenvalue weighted by Gasteiger charge is 2.30. The molecule has 204 valence electrons. The molecule has 4 rings (SSSR count). The van der Waals surface area contributed by atoms with Crippen LogP contribution < -0.4 is 10.6 Å². The van der Waals surface area contributed by atoms with Gasteiger partial charge < -0.3 is 15.4 Å². The average Bonchev–Trinajstić information content (AvgIpc) is 2.97. The molecule has 0 saturated carbocycles. The molecule has 4 aromatic rings. The first-order valence-electron chi connectivity index (χ1n) is 12.3. The molecule has 9 heteroatoms. The van der Waals surface area contributed by atoms with Gasteiger partial charge in [-0.2, -0.15) is 13.2 Å². The van der Waals surface area contributed by atoms with Crippen LogP contribution in [-0.4, -0.2) is 31.1 Å². The normalized spacial score (nSPS) is 11.8. The summed E-state index contributed by atoms with van der Waals surface area (Å²) in [7, 11) is 1.20. The number of hydrogen-bond acceptors (Lipinski definition) is 4. The van der Waals surface area contributed by atoms with Gasteiger partial charge in [0.05, 0.1) is 19.1 Å². The summed E-state index contributed by atoms with van der Waals surface area (Å²) in [6, 6.07) is 27.4. The number of methoxy groups -OCH3 is 1. The Labute approximate surface area is 228 Å². The molecule has 0 aliphatic heterocycles. The predicted octanol–water partition coefficient (Wildman–Crippen LogP) is 6.09. The van der Waals surface area contributed by atoms with Gasteiger partial charge in [-0.1, -0.05) is 66.7 Å². The second-order valence-electron chi connectivity index (χ2n) is 8.88. The van der Waals surface area contributed by atoms with E-state index in [1.807, 2.05) is 30.3 Å². The van der Waals surface area contributed by atoms with Gasteiger partial charge in [0, 0.05) is 11.1 Å². The minimum atomic E-state index is -4.43. The van der Waals surface area contributed by atoms with E-state index in [9.17, 15) is 27.6 Å². The van der Waals surface area contributed by atoms with Crippen molar-refractivity contribution in [1.82, 2.24) is 10.6 Å². The van der Waals surface area contributed by atoms with Crippen LogP contribution >= 0.6 is 0 Å². The molecule has 0 aromatic heterocycles. The Morgan fingerprint density at radius 3 is 1.45 bits per heavy atom. The molecule has 4 aromatic carbocycles. The number of nitrogens with one attached hydrogen (secondary N) is 2. The number of ether oxygens (including phenoxy) is 1. The molecular weight excluding hydrogens is 521 g/mol. The van der Waals surface area contributed by atoms with E-state index in [0.717, 1.165) is 23.3 Å². The summed E-state index contributed by atoms with van der Waals surface area (Å²) in [5, 5.41) is 5.27. The second kappa shape index (κ2) is 12.3. The summed E-state index contributed by atoms with van der Waals surface area (Å²) in [6.07, 6.45) is -5.79. The van der Waals surface area contributed by atoms with Gasteiger partial charge in [-0.05, 0) is 58.7 Å². The van der Waals surface area contributed by atoms with Crippen molar-refractivity contribution in [2.24, 2.45) is 0 Å². The quantitative estimate of drug-likeness (QED) is 0.207. The van der Waals surface area contributed by atoms with E-state index in [2.05, 4.69) is 10.6 Å². The lowest BCUT2D eigenvalue weighted by molar-refractivity contribution is -0.141. The van der Waals surface area contributed by atoms with Crippen LogP contribution in [0.1, 0.15) is 32.7 Å². The third-order valence-corrected chi connectivity index (χ3v) is 6.16. The maximum atomic E-state index is 12.9. The number of alkyl halides is 3.